The molecule has 1 aliphatic rings. The molecule has 1 heterocycles. The number of rotatable bonds is 3. The van der Waals surface area contributed by atoms with Crippen LogP contribution in [0.3, 0.4) is 0 Å². The second kappa shape index (κ2) is 12.8. The maximum atomic E-state index is 5.19. The van der Waals surface area contributed by atoms with Gasteiger partial charge >= 0.3 is 0 Å². The van der Waals surface area contributed by atoms with E-state index in [-0.39, 0.29) is 0 Å². The first-order chi connectivity index (χ1) is 12.4. The lowest BCUT2D eigenvalue weighted by Crippen LogP contribution is -2.12. The van der Waals surface area contributed by atoms with Crippen LogP contribution in [0.5, 0.6) is 0 Å². The second-order valence-corrected chi connectivity index (χ2v) is 5.79. The van der Waals surface area contributed by atoms with E-state index in [4.69, 9.17) is 9.78 Å². The Morgan fingerprint density at radius 2 is 1.40 bits per heavy atom. The van der Waals surface area contributed by atoms with Crippen LogP contribution in [0.25, 0.3) is 5.57 Å². The van der Waals surface area contributed by atoms with Gasteiger partial charge in [-0.2, -0.15) is 0 Å². The lowest BCUT2D eigenvalue weighted by atomic mass is 9.92. The summed E-state index contributed by atoms with van der Waals surface area (Å²) >= 11 is 1.76. The van der Waals surface area contributed by atoms with Crippen molar-refractivity contribution in [2.45, 2.75) is 39.0 Å². The molecule has 2 aromatic rings. The van der Waals surface area contributed by atoms with Crippen molar-refractivity contribution in [3.63, 3.8) is 0 Å². The molecule has 2 aromatic carbocycles. The minimum absolute atomic E-state index is 0.536. The summed E-state index contributed by atoms with van der Waals surface area (Å²) in [4.78, 5) is 11.5. The van der Waals surface area contributed by atoms with Gasteiger partial charge in [-0.1, -0.05) is 70.2 Å². The number of benzene rings is 2. The van der Waals surface area contributed by atoms with Crippen LogP contribution in [-0.2, 0) is 9.78 Å². The molecule has 0 aliphatic carbocycles. The topological polar surface area (TPSA) is 18.5 Å². The van der Waals surface area contributed by atoms with E-state index in [9.17, 15) is 0 Å². The highest BCUT2D eigenvalue weighted by Crippen LogP contribution is 2.31. The molecule has 0 N–H and O–H groups in total. The predicted molar refractivity (Wildman–Crippen MR) is 110 cm³/mol. The zero-order chi connectivity index (χ0) is 18.5. The molecule has 0 radical (unpaired) electrons. The van der Waals surface area contributed by atoms with Crippen molar-refractivity contribution in [3.8, 4) is 0 Å². The highest BCUT2D eigenvalue weighted by molar-refractivity contribution is 7.98. The molecular weight excluding hydrogens is 328 g/mol. The number of thioether (sulfide) groups is 1. The van der Waals surface area contributed by atoms with Crippen molar-refractivity contribution in [2.24, 2.45) is 0 Å². The van der Waals surface area contributed by atoms with Gasteiger partial charge in [0.1, 0.15) is 6.61 Å². The molecule has 25 heavy (non-hydrogen) atoms. The van der Waals surface area contributed by atoms with Crippen LogP contribution < -0.4 is 0 Å². The summed E-state index contributed by atoms with van der Waals surface area (Å²) < 4.78 is 0. The maximum absolute atomic E-state index is 5.19. The zero-order valence-electron chi connectivity index (χ0n) is 16.0. The third-order valence-corrected chi connectivity index (χ3v) is 4.34. The van der Waals surface area contributed by atoms with Gasteiger partial charge in [0.15, 0.2) is 0 Å². The molecule has 1 saturated heterocycles. The van der Waals surface area contributed by atoms with Gasteiger partial charge in [0.05, 0.1) is 6.61 Å². The monoisotopic (exact) mass is 358 g/mol. The van der Waals surface area contributed by atoms with Crippen LogP contribution in [0.15, 0.2) is 65.1 Å². The molecule has 136 valence electrons. The van der Waals surface area contributed by atoms with Crippen molar-refractivity contribution in [1.82, 2.24) is 0 Å². The second-order valence-electron chi connectivity index (χ2n) is 4.91. The van der Waals surface area contributed by atoms with Gasteiger partial charge in [0.2, 0.25) is 0 Å². The summed E-state index contributed by atoms with van der Waals surface area (Å²) in [5, 5.41) is 0. The van der Waals surface area contributed by atoms with E-state index in [1.54, 1.807) is 11.8 Å². The van der Waals surface area contributed by atoms with Crippen LogP contribution in [0.2, 0.25) is 0 Å². The first-order valence-corrected chi connectivity index (χ1v) is 10.3. The molecule has 0 spiro atoms. The van der Waals surface area contributed by atoms with Crippen molar-refractivity contribution in [3.05, 3.63) is 71.3 Å². The minimum atomic E-state index is 0.536. The Hall–Kier alpha value is -1.55. The Morgan fingerprint density at radius 1 is 0.800 bits per heavy atom. The van der Waals surface area contributed by atoms with Crippen LogP contribution in [0.1, 0.15) is 45.2 Å². The summed E-state index contributed by atoms with van der Waals surface area (Å²) in [6.07, 6.45) is 3.01. The quantitative estimate of drug-likeness (QED) is 0.454. The molecule has 0 bridgehead atoms. The molecular formula is C22H30O2S. The van der Waals surface area contributed by atoms with Crippen LogP contribution >= 0.6 is 11.8 Å². The van der Waals surface area contributed by atoms with Gasteiger partial charge in [-0.25, -0.2) is 9.78 Å². The summed E-state index contributed by atoms with van der Waals surface area (Å²) in [7, 11) is 0. The fourth-order valence-electron chi connectivity index (χ4n) is 2.54. The van der Waals surface area contributed by atoms with E-state index < -0.39 is 0 Å². The third-order valence-electron chi connectivity index (χ3n) is 3.60. The first kappa shape index (κ1) is 21.5. The molecule has 1 fully saturated rings. The summed E-state index contributed by atoms with van der Waals surface area (Å²) in [5.74, 6) is 0. The number of hydrogen-bond acceptors (Lipinski definition) is 3. The average Bonchev–Trinajstić information content (AvgIpc) is 2.73. The lowest BCUT2D eigenvalue weighted by molar-refractivity contribution is -0.299. The van der Waals surface area contributed by atoms with E-state index in [1.165, 1.54) is 27.2 Å². The Balaban J connectivity index is 0.000000730. The van der Waals surface area contributed by atoms with Gasteiger partial charge in [-0.3, -0.25) is 0 Å². The van der Waals surface area contributed by atoms with Gasteiger partial charge in [0.25, 0.3) is 0 Å². The van der Waals surface area contributed by atoms with Gasteiger partial charge in [-0.15, -0.1) is 11.8 Å². The average molecular weight is 359 g/mol. The summed E-state index contributed by atoms with van der Waals surface area (Å²) in [6.45, 7) is 9.16. The summed E-state index contributed by atoms with van der Waals surface area (Å²) in [6, 6.07) is 19.2. The molecule has 3 heteroatoms. The fraction of sp³-hybridized carbons (Fsp3) is 0.364. The standard InChI is InChI=1S/C18H18O2S.2C2H6/c1-21-17-9-7-15(8-10-17)18(14-5-3-2-4-6-14)16-11-12-19-20-13-16;2*1-2/h2-10H,11-13H2,1H3;2*1-2H3/b18-16+;;. The largest absolute Gasteiger partial charge is 0.236 e. The zero-order valence-corrected chi connectivity index (χ0v) is 16.9. The molecule has 0 amide bonds. The fourth-order valence-corrected chi connectivity index (χ4v) is 2.95. The summed E-state index contributed by atoms with van der Waals surface area (Å²) in [5.41, 5.74) is 5.03. The van der Waals surface area contributed by atoms with Crippen LogP contribution in [-0.4, -0.2) is 19.5 Å². The lowest BCUT2D eigenvalue weighted by Gasteiger charge is -2.20. The van der Waals surface area contributed by atoms with E-state index in [0.29, 0.717) is 13.2 Å². The molecule has 0 aromatic heterocycles. The van der Waals surface area contributed by atoms with Crippen molar-refractivity contribution in [1.29, 1.82) is 0 Å². The molecule has 3 rings (SSSR count). The first-order valence-electron chi connectivity index (χ1n) is 9.05. The van der Waals surface area contributed by atoms with Crippen molar-refractivity contribution in [2.75, 3.05) is 19.5 Å². The Morgan fingerprint density at radius 3 is 1.92 bits per heavy atom. The predicted octanol–water partition coefficient (Wildman–Crippen LogP) is 6.61. The highest BCUT2D eigenvalue weighted by atomic mass is 32.2. The third kappa shape index (κ3) is 6.35. The molecule has 0 unspecified atom stereocenters. The molecule has 1 aliphatic heterocycles. The minimum Gasteiger partial charge on any atom is -0.236 e. The Labute approximate surface area is 157 Å². The maximum Gasteiger partial charge on any atom is 0.104 e. The van der Waals surface area contributed by atoms with E-state index in [0.717, 1.165) is 6.42 Å². The van der Waals surface area contributed by atoms with E-state index in [1.807, 2.05) is 33.8 Å². The van der Waals surface area contributed by atoms with Gasteiger partial charge in [-0.05, 0) is 47.1 Å². The van der Waals surface area contributed by atoms with Crippen molar-refractivity contribution < 1.29 is 9.78 Å². The molecule has 0 atom stereocenters. The molecule has 0 saturated carbocycles. The Kier molecular flexibility index (Phi) is 11.0. The molecule has 2 nitrogen and oxygen atoms in total. The smallest absolute Gasteiger partial charge is 0.104 e. The Bertz CT molecular complexity index is 610. The van der Waals surface area contributed by atoms with Crippen molar-refractivity contribution >= 4 is 17.3 Å². The van der Waals surface area contributed by atoms with Crippen LogP contribution in [0.4, 0.5) is 0 Å². The highest BCUT2D eigenvalue weighted by Gasteiger charge is 2.15. The van der Waals surface area contributed by atoms with Gasteiger partial charge in [0, 0.05) is 4.90 Å². The van der Waals surface area contributed by atoms with E-state index in [2.05, 4.69) is 54.8 Å². The number of hydrogen-bond donors (Lipinski definition) is 0. The normalized spacial score (nSPS) is 15.2. The van der Waals surface area contributed by atoms with Gasteiger partial charge < -0.3 is 0 Å². The SMILES string of the molecule is CC.CC.CSc1ccc(/C(=C2\CCOOC2)c2ccccc2)cc1. The van der Waals surface area contributed by atoms with E-state index >= 15 is 0 Å². The van der Waals surface area contributed by atoms with Crippen LogP contribution in [0, 0.1) is 0 Å².